The second-order valence-electron chi connectivity index (χ2n) is 5.46. The molecule has 0 aliphatic heterocycles. The minimum Gasteiger partial charge on any atom is -0.384 e. The fourth-order valence-electron chi connectivity index (χ4n) is 1.76. The number of hydrogen-bond donors (Lipinski definition) is 1. The molecule has 0 spiro atoms. The number of aliphatic hydroxyl groups is 1. The molecule has 2 nitrogen and oxygen atoms in total. The van der Waals surface area contributed by atoms with Gasteiger partial charge in [0.25, 0.3) is 0 Å². The maximum absolute atomic E-state index is 10.3. The van der Waals surface area contributed by atoms with E-state index < -0.39 is 6.10 Å². The van der Waals surface area contributed by atoms with Gasteiger partial charge in [-0.2, -0.15) is 0 Å². The van der Waals surface area contributed by atoms with Crippen LogP contribution in [-0.4, -0.2) is 14.8 Å². The Morgan fingerprint density at radius 1 is 1.00 bits per heavy atom. The van der Waals surface area contributed by atoms with E-state index in [9.17, 15) is 5.11 Å². The Balaban J connectivity index is 2.15. The third kappa shape index (κ3) is 4.08. The Kier molecular flexibility index (Phi) is 4.27. The Hall–Kier alpha value is -1.32. The van der Waals surface area contributed by atoms with Crippen LogP contribution in [0.25, 0.3) is 0 Å². The van der Waals surface area contributed by atoms with Gasteiger partial charge in [-0.05, 0) is 11.6 Å². The average molecular weight is 273 g/mol. The Morgan fingerprint density at radius 3 is 2.21 bits per heavy atom. The molecule has 1 aromatic carbocycles. The van der Waals surface area contributed by atoms with Gasteiger partial charge in [-0.1, -0.05) is 57.2 Å². The molecule has 2 aromatic rings. The number of thioether (sulfide) groups is 1. The smallest absolute Gasteiger partial charge is 0.106 e. The van der Waals surface area contributed by atoms with Gasteiger partial charge in [-0.25, -0.2) is 4.98 Å². The second-order valence-corrected chi connectivity index (χ2v) is 7.30. The zero-order chi connectivity index (χ0) is 13.9. The summed E-state index contributed by atoms with van der Waals surface area (Å²) < 4.78 is 0.145. The van der Waals surface area contributed by atoms with E-state index in [4.69, 9.17) is 0 Å². The number of nitrogens with zero attached hydrogens (tertiary/aromatic N) is 1. The normalized spacial score (nSPS) is 13.3. The summed E-state index contributed by atoms with van der Waals surface area (Å²) in [6, 6.07) is 13.5. The monoisotopic (exact) mass is 273 g/mol. The van der Waals surface area contributed by atoms with E-state index in [0.29, 0.717) is 0 Å². The zero-order valence-electron chi connectivity index (χ0n) is 11.5. The summed E-state index contributed by atoms with van der Waals surface area (Å²) in [4.78, 5) is 4.41. The first-order valence-electron chi connectivity index (χ1n) is 6.34. The molecular formula is C16H19NOS. The molecule has 1 N–H and O–H groups in total. The van der Waals surface area contributed by atoms with Crippen LogP contribution >= 0.6 is 11.8 Å². The standard InChI is InChI=1S/C16H19NOS/c1-16(2,3)19-14-10-9-13(11-17-14)15(18)12-7-5-4-6-8-12/h4-11,15,18H,1-3H3. The third-order valence-electron chi connectivity index (χ3n) is 2.60. The molecule has 0 amide bonds. The molecule has 0 saturated carbocycles. The Bertz CT molecular complexity index is 517. The molecule has 0 bridgehead atoms. The van der Waals surface area contributed by atoms with Crippen LogP contribution in [0.3, 0.4) is 0 Å². The van der Waals surface area contributed by atoms with Crippen LogP contribution in [0.5, 0.6) is 0 Å². The van der Waals surface area contributed by atoms with Gasteiger partial charge in [0.1, 0.15) is 6.10 Å². The molecule has 0 aliphatic carbocycles. The molecule has 100 valence electrons. The van der Waals surface area contributed by atoms with Crippen LogP contribution < -0.4 is 0 Å². The topological polar surface area (TPSA) is 33.1 Å². The summed E-state index contributed by atoms with van der Waals surface area (Å²) in [5, 5.41) is 11.3. The lowest BCUT2D eigenvalue weighted by molar-refractivity contribution is 0.219. The summed E-state index contributed by atoms with van der Waals surface area (Å²) in [6.07, 6.45) is 1.15. The summed E-state index contributed by atoms with van der Waals surface area (Å²) in [7, 11) is 0. The van der Waals surface area contributed by atoms with Crippen LogP contribution in [0, 0.1) is 0 Å². The molecule has 19 heavy (non-hydrogen) atoms. The minimum atomic E-state index is -0.609. The highest BCUT2D eigenvalue weighted by Gasteiger charge is 2.14. The van der Waals surface area contributed by atoms with Crippen LogP contribution in [0.2, 0.25) is 0 Å². The summed E-state index contributed by atoms with van der Waals surface area (Å²) in [5.41, 5.74) is 1.71. The second kappa shape index (κ2) is 5.76. The minimum absolute atomic E-state index is 0.145. The Morgan fingerprint density at radius 2 is 1.68 bits per heavy atom. The van der Waals surface area contributed by atoms with Crippen molar-refractivity contribution in [3.63, 3.8) is 0 Å². The van der Waals surface area contributed by atoms with Gasteiger partial charge < -0.3 is 5.11 Å². The average Bonchev–Trinajstić information content (AvgIpc) is 2.38. The molecule has 0 aliphatic rings. The van der Waals surface area contributed by atoms with Gasteiger partial charge in [0, 0.05) is 16.5 Å². The first-order chi connectivity index (χ1) is 8.96. The van der Waals surface area contributed by atoms with E-state index in [-0.39, 0.29) is 4.75 Å². The van der Waals surface area contributed by atoms with Gasteiger partial charge in [-0.15, -0.1) is 11.8 Å². The largest absolute Gasteiger partial charge is 0.384 e. The number of aromatic nitrogens is 1. The van der Waals surface area contributed by atoms with Crippen LogP contribution in [-0.2, 0) is 0 Å². The van der Waals surface area contributed by atoms with Crippen molar-refractivity contribution in [2.45, 2.75) is 36.6 Å². The van der Waals surface area contributed by atoms with E-state index in [1.807, 2.05) is 42.5 Å². The number of pyridine rings is 1. The molecule has 1 aromatic heterocycles. The highest BCUT2D eigenvalue weighted by molar-refractivity contribution is 8.00. The van der Waals surface area contributed by atoms with Crippen molar-refractivity contribution >= 4 is 11.8 Å². The number of aliphatic hydroxyl groups excluding tert-OH is 1. The summed E-state index contributed by atoms with van der Waals surface area (Å²) in [5.74, 6) is 0. The highest BCUT2D eigenvalue weighted by atomic mass is 32.2. The van der Waals surface area contributed by atoms with E-state index in [2.05, 4.69) is 25.8 Å². The molecule has 0 radical (unpaired) electrons. The lowest BCUT2D eigenvalue weighted by Crippen LogP contribution is -2.07. The van der Waals surface area contributed by atoms with Gasteiger partial charge >= 0.3 is 0 Å². The molecule has 2 rings (SSSR count). The van der Waals surface area contributed by atoms with Crippen LogP contribution in [0.4, 0.5) is 0 Å². The fraction of sp³-hybridized carbons (Fsp3) is 0.312. The lowest BCUT2D eigenvalue weighted by atomic mass is 10.0. The van der Waals surface area contributed by atoms with Crippen molar-refractivity contribution in [1.29, 1.82) is 0 Å². The molecule has 3 heteroatoms. The predicted octanol–water partition coefficient (Wildman–Crippen LogP) is 4.05. The number of hydrogen-bond acceptors (Lipinski definition) is 3. The van der Waals surface area contributed by atoms with E-state index >= 15 is 0 Å². The quantitative estimate of drug-likeness (QED) is 0.856. The van der Waals surface area contributed by atoms with Crippen LogP contribution in [0.15, 0.2) is 53.7 Å². The maximum Gasteiger partial charge on any atom is 0.106 e. The maximum atomic E-state index is 10.3. The van der Waals surface area contributed by atoms with Crippen molar-refractivity contribution < 1.29 is 5.11 Å². The fourth-order valence-corrected chi connectivity index (χ4v) is 2.62. The molecule has 1 heterocycles. The van der Waals surface area contributed by atoms with Crippen molar-refractivity contribution in [2.75, 3.05) is 0 Å². The zero-order valence-corrected chi connectivity index (χ0v) is 12.3. The van der Waals surface area contributed by atoms with E-state index in [0.717, 1.165) is 16.2 Å². The summed E-state index contributed by atoms with van der Waals surface area (Å²) in [6.45, 7) is 6.48. The van der Waals surface area contributed by atoms with Crippen LogP contribution in [0.1, 0.15) is 38.0 Å². The van der Waals surface area contributed by atoms with Gasteiger partial charge in [0.2, 0.25) is 0 Å². The van der Waals surface area contributed by atoms with Crippen molar-refractivity contribution in [1.82, 2.24) is 4.98 Å². The predicted molar refractivity (Wildman–Crippen MR) is 80.4 cm³/mol. The van der Waals surface area contributed by atoms with Gasteiger partial charge in [-0.3, -0.25) is 0 Å². The van der Waals surface area contributed by atoms with E-state index in [1.165, 1.54) is 0 Å². The first-order valence-corrected chi connectivity index (χ1v) is 7.15. The van der Waals surface area contributed by atoms with Crippen molar-refractivity contribution in [2.24, 2.45) is 0 Å². The molecule has 1 unspecified atom stereocenters. The number of rotatable bonds is 3. The van der Waals surface area contributed by atoms with Crippen molar-refractivity contribution in [3.8, 4) is 0 Å². The number of benzene rings is 1. The lowest BCUT2D eigenvalue weighted by Gasteiger charge is -2.17. The van der Waals surface area contributed by atoms with Gasteiger partial charge in [0.05, 0.1) is 5.03 Å². The molecule has 1 atom stereocenters. The van der Waals surface area contributed by atoms with Gasteiger partial charge in [0.15, 0.2) is 0 Å². The third-order valence-corrected chi connectivity index (χ3v) is 3.66. The molecular weight excluding hydrogens is 254 g/mol. The Labute approximate surface area is 118 Å². The summed E-state index contributed by atoms with van der Waals surface area (Å²) >= 11 is 1.72. The highest BCUT2D eigenvalue weighted by Crippen LogP contribution is 2.31. The SMILES string of the molecule is CC(C)(C)Sc1ccc(C(O)c2ccccc2)cn1. The molecule has 0 saturated heterocycles. The molecule has 0 fully saturated rings. The first kappa shape index (κ1) is 14.1. The van der Waals surface area contributed by atoms with Crippen molar-refractivity contribution in [3.05, 3.63) is 59.8 Å². The van der Waals surface area contributed by atoms with E-state index in [1.54, 1.807) is 18.0 Å².